The standard InChI is InChI=1S/C15H24ClN3/c1-12(2)19(10-13-5-7-17-8-6-13)11-14-3-4-15(16)18-9-14/h3-4,9,12-13,17H,5-8,10-11H2,1-2H3. The smallest absolute Gasteiger partial charge is 0.129 e. The lowest BCUT2D eigenvalue weighted by Crippen LogP contribution is -2.39. The van der Waals surface area contributed by atoms with Crippen molar-refractivity contribution < 1.29 is 0 Å². The van der Waals surface area contributed by atoms with Gasteiger partial charge < -0.3 is 5.32 Å². The summed E-state index contributed by atoms with van der Waals surface area (Å²) in [6, 6.07) is 4.51. The Kier molecular flexibility index (Phi) is 5.61. The molecule has 0 saturated carbocycles. The molecule has 3 nitrogen and oxygen atoms in total. The Hall–Kier alpha value is -0.640. The fourth-order valence-electron chi connectivity index (χ4n) is 2.59. The number of rotatable bonds is 5. The van der Waals surface area contributed by atoms with Crippen LogP contribution in [0, 0.1) is 5.92 Å². The van der Waals surface area contributed by atoms with Crippen LogP contribution in [0.5, 0.6) is 0 Å². The molecule has 2 rings (SSSR count). The lowest BCUT2D eigenvalue weighted by Gasteiger charge is -2.32. The number of hydrogen-bond acceptors (Lipinski definition) is 3. The zero-order valence-corrected chi connectivity index (χ0v) is 12.7. The Balaban J connectivity index is 1.93. The van der Waals surface area contributed by atoms with Gasteiger partial charge in [0.1, 0.15) is 5.15 Å². The molecular weight excluding hydrogens is 258 g/mol. The van der Waals surface area contributed by atoms with E-state index in [0.717, 1.165) is 12.5 Å². The van der Waals surface area contributed by atoms with Crippen LogP contribution in [0.4, 0.5) is 0 Å². The predicted molar refractivity (Wildman–Crippen MR) is 80.4 cm³/mol. The second-order valence-electron chi connectivity index (χ2n) is 5.71. The lowest BCUT2D eigenvalue weighted by atomic mass is 9.97. The van der Waals surface area contributed by atoms with Crippen LogP contribution in [-0.2, 0) is 6.54 Å². The first-order valence-electron chi connectivity index (χ1n) is 7.20. The predicted octanol–water partition coefficient (Wildman–Crippen LogP) is 2.95. The second kappa shape index (κ2) is 7.22. The number of piperidine rings is 1. The Morgan fingerprint density at radius 3 is 2.68 bits per heavy atom. The Bertz CT molecular complexity index is 371. The van der Waals surface area contributed by atoms with E-state index in [4.69, 9.17) is 11.6 Å². The maximum Gasteiger partial charge on any atom is 0.129 e. The summed E-state index contributed by atoms with van der Waals surface area (Å²) in [4.78, 5) is 6.71. The molecule has 19 heavy (non-hydrogen) atoms. The first-order valence-corrected chi connectivity index (χ1v) is 7.58. The molecule has 0 unspecified atom stereocenters. The van der Waals surface area contributed by atoms with Crippen LogP contribution in [0.15, 0.2) is 18.3 Å². The van der Waals surface area contributed by atoms with Gasteiger partial charge in [-0.15, -0.1) is 0 Å². The number of nitrogens with one attached hydrogen (secondary N) is 1. The van der Waals surface area contributed by atoms with Crippen LogP contribution in [0.25, 0.3) is 0 Å². The van der Waals surface area contributed by atoms with Gasteiger partial charge in [0.25, 0.3) is 0 Å². The van der Waals surface area contributed by atoms with Crippen molar-refractivity contribution in [1.29, 1.82) is 0 Å². The van der Waals surface area contributed by atoms with Crippen LogP contribution in [0.3, 0.4) is 0 Å². The minimum absolute atomic E-state index is 0.561. The summed E-state index contributed by atoms with van der Waals surface area (Å²) in [6.45, 7) is 9.01. The van der Waals surface area contributed by atoms with Crippen LogP contribution in [-0.4, -0.2) is 35.6 Å². The fourth-order valence-corrected chi connectivity index (χ4v) is 2.70. The van der Waals surface area contributed by atoms with Crippen LogP contribution in [0.2, 0.25) is 5.15 Å². The molecule has 0 aliphatic carbocycles. The Morgan fingerprint density at radius 1 is 1.37 bits per heavy atom. The minimum Gasteiger partial charge on any atom is -0.317 e. The average molecular weight is 282 g/mol. The van der Waals surface area contributed by atoms with E-state index >= 15 is 0 Å². The summed E-state index contributed by atoms with van der Waals surface area (Å²) in [5, 5.41) is 4.00. The largest absolute Gasteiger partial charge is 0.317 e. The molecule has 1 saturated heterocycles. The van der Waals surface area contributed by atoms with Gasteiger partial charge in [0, 0.05) is 25.3 Å². The van der Waals surface area contributed by atoms with Gasteiger partial charge in [-0.05, 0) is 57.3 Å². The van der Waals surface area contributed by atoms with Gasteiger partial charge in [-0.25, -0.2) is 4.98 Å². The first kappa shape index (κ1) is 14.8. The zero-order valence-electron chi connectivity index (χ0n) is 11.9. The third kappa shape index (κ3) is 4.75. The summed E-state index contributed by atoms with van der Waals surface area (Å²) in [5.74, 6) is 0.823. The molecule has 1 N–H and O–H groups in total. The average Bonchev–Trinajstić information content (AvgIpc) is 2.41. The van der Waals surface area contributed by atoms with Gasteiger partial charge in [-0.1, -0.05) is 17.7 Å². The molecule has 0 spiro atoms. The van der Waals surface area contributed by atoms with Crippen molar-refractivity contribution in [2.45, 2.75) is 39.3 Å². The van der Waals surface area contributed by atoms with E-state index in [1.54, 1.807) is 0 Å². The van der Waals surface area contributed by atoms with Crippen LogP contribution < -0.4 is 5.32 Å². The SMILES string of the molecule is CC(C)N(Cc1ccc(Cl)nc1)CC1CCNCC1. The normalized spacial score (nSPS) is 17.3. The lowest BCUT2D eigenvalue weighted by molar-refractivity contribution is 0.161. The summed E-state index contributed by atoms with van der Waals surface area (Å²) in [7, 11) is 0. The number of pyridine rings is 1. The topological polar surface area (TPSA) is 28.2 Å². The number of nitrogens with zero attached hydrogens (tertiary/aromatic N) is 2. The van der Waals surface area contributed by atoms with Crippen LogP contribution >= 0.6 is 11.6 Å². The van der Waals surface area contributed by atoms with Crippen molar-refractivity contribution in [3.8, 4) is 0 Å². The molecule has 0 amide bonds. The highest BCUT2D eigenvalue weighted by Gasteiger charge is 2.19. The molecule has 1 fully saturated rings. The van der Waals surface area contributed by atoms with E-state index in [1.165, 1.54) is 38.0 Å². The highest BCUT2D eigenvalue weighted by atomic mass is 35.5. The molecule has 106 valence electrons. The molecule has 1 aliphatic heterocycles. The highest BCUT2D eigenvalue weighted by Crippen LogP contribution is 2.17. The Morgan fingerprint density at radius 2 is 2.11 bits per heavy atom. The summed E-state index contributed by atoms with van der Waals surface area (Å²) >= 11 is 5.83. The van der Waals surface area contributed by atoms with Crippen LogP contribution in [0.1, 0.15) is 32.3 Å². The molecule has 0 atom stereocenters. The molecular formula is C15H24ClN3. The van der Waals surface area contributed by atoms with Crippen molar-refractivity contribution in [3.05, 3.63) is 29.0 Å². The van der Waals surface area contributed by atoms with Crippen molar-refractivity contribution in [1.82, 2.24) is 15.2 Å². The van der Waals surface area contributed by atoms with Crippen molar-refractivity contribution in [2.24, 2.45) is 5.92 Å². The van der Waals surface area contributed by atoms with Gasteiger partial charge in [0.2, 0.25) is 0 Å². The van der Waals surface area contributed by atoms with Crippen molar-refractivity contribution in [3.63, 3.8) is 0 Å². The van der Waals surface area contributed by atoms with Gasteiger partial charge in [0.15, 0.2) is 0 Å². The molecule has 1 aliphatic rings. The van der Waals surface area contributed by atoms with Crippen molar-refractivity contribution in [2.75, 3.05) is 19.6 Å². The first-order chi connectivity index (χ1) is 9.15. The summed E-state index contributed by atoms with van der Waals surface area (Å²) in [5.41, 5.74) is 1.24. The monoisotopic (exact) mass is 281 g/mol. The van der Waals surface area contributed by atoms with E-state index in [9.17, 15) is 0 Å². The molecule has 0 bridgehead atoms. The minimum atomic E-state index is 0.561. The number of hydrogen-bond donors (Lipinski definition) is 1. The van der Waals surface area contributed by atoms with E-state index in [2.05, 4.69) is 35.1 Å². The molecule has 2 heterocycles. The fraction of sp³-hybridized carbons (Fsp3) is 0.667. The molecule has 0 radical (unpaired) electrons. The third-order valence-electron chi connectivity index (χ3n) is 3.86. The van der Waals surface area contributed by atoms with Gasteiger partial charge in [-0.2, -0.15) is 0 Å². The highest BCUT2D eigenvalue weighted by molar-refractivity contribution is 6.29. The quantitative estimate of drug-likeness (QED) is 0.841. The molecule has 0 aromatic carbocycles. The maximum atomic E-state index is 5.83. The molecule has 1 aromatic rings. The molecule has 4 heteroatoms. The van der Waals surface area contributed by atoms with E-state index in [1.807, 2.05) is 12.3 Å². The third-order valence-corrected chi connectivity index (χ3v) is 4.08. The van der Waals surface area contributed by atoms with E-state index in [0.29, 0.717) is 11.2 Å². The summed E-state index contributed by atoms with van der Waals surface area (Å²) < 4.78 is 0. The zero-order chi connectivity index (χ0) is 13.7. The van der Waals surface area contributed by atoms with E-state index in [-0.39, 0.29) is 0 Å². The summed E-state index contributed by atoms with van der Waals surface area (Å²) in [6.07, 6.45) is 4.48. The van der Waals surface area contributed by atoms with Gasteiger partial charge in [-0.3, -0.25) is 4.90 Å². The maximum absolute atomic E-state index is 5.83. The number of aromatic nitrogens is 1. The number of halogens is 1. The van der Waals surface area contributed by atoms with Crippen molar-refractivity contribution >= 4 is 11.6 Å². The van der Waals surface area contributed by atoms with Gasteiger partial charge >= 0.3 is 0 Å². The second-order valence-corrected chi connectivity index (χ2v) is 6.09. The van der Waals surface area contributed by atoms with Gasteiger partial charge in [0.05, 0.1) is 0 Å². The molecule has 1 aromatic heterocycles. The Labute approximate surface area is 121 Å². The van der Waals surface area contributed by atoms with E-state index < -0.39 is 0 Å².